The van der Waals surface area contributed by atoms with Gasteiger partial charge in [0.2, 0.25) is 11.8 Å². The highest BCUT2D eigenvalue weighted by Crippen LogP contribution is 2.39. The zero-order valence-corrected chi connectivity index (χ0v) is 20.5. The van der Waals surface area contributed by atoms with Crippen LogP contribution >= 0.6 is 0 Å². The quantitative estimate of drug-likeness (QED) is 0.576. The van der Waals surface area contributed by atoms with Gasteiger partial charge in [-0.05, 0) is 68.7 Å². The summed E-state index contributed by atoms with van der Waals surface area (Å²) < 4.78 is 15.0. The lowest BCUT2D eigenvalue weighted by Gasteiger charge is -2.38. The summed E-state index contributed by atoms with van der Waals surface area (Å²) in [6.45, 7) is 8.88. The van der Waals surface area contributed by atoms with Gasteiger partial charge in [-0.2, -0.15) is 0 Å². The Morgan fingerprint density at radius 2 is 1.74 bits per heavy atom. The number of benzene rings is 2. The number of nitrogens with zero attached hydrogens (tertiary/aromatic N) is 2. The fraction of sp³-hybridized carbons (Fsp3) is 0.500. The summed E-state index contributed by atoms with van der Waals surface area (Å²) in [6, 6.07) is 15.0. The Kier molecular flexibility index (Phi) is 7.54. The van der Waals surface area contributed by atoms with Gasteiger partial charge in [-0.25, -0.2) is 4.39 Å². The van der Waals surface area contributed by atoms with Crippen molar-refractivity contribution in [2.75, 3.05) is 36.4 Å². The molecule has 2 aromatic carbocycles. The van der Waals surface area contributed by atoms with Crippen molar-refractivity contribution in [1.82, 2.24) is 4.90 Å². The molecule has 34 heavy (non-hydrogen) atoms. The van der Waals surface area contributed by atoms with Crippen molar-refractivity contribution in [1.29, 1.82) is 0 Å². The van der Waals surface area contributed by atoms with Gasteiger partial charge in [-0.3, -0.25) is 9.59 Å². The summed E-state index contributed by atoms with van der Waals surface area (Å²) in [7, 11) is 0. The summed E-state index contributed by atoms with van der Waals surface area (Å²) in [6.07, 6.45) is 2.55. The maximum atomic E-state index is 15.0. The number of halogens is 1. The highest BCUT2D eigenvalue weighted by atomic mass is 19.1. The fourth-order valence-electron chi connectivity index (χ4n) is 5.25. The maximum absolute atomic E-state index is 15.0. The van der Waals surface area contributed by atoms with Crippen molar-refractivity contribution in [3.63, 3.8) is 0 Å². The van der Waals surface area contributed by atoms with Crippen molar-refractivity contribution in [2.45, 2.75) is 46.0 Å². The van der Waals surface area contributed by atoms with E-state index in [-0.39, 0.29) is 35.4 Å². The molecule has 1 heterocycles. The highest BCUT2D eigenvalue weighted by molar-refractivity contribution is 5.94. The molecule has 0 spiro atoms. The van der Waals surface area contributed by atoms with Gasteiger partial charge in [0.15, 0.2) is 0 Å². The van der Waals surface area contributed by atoms with Crippen LogP contribution in [0.3, 0.4) is 0 Å². The number of carbonyl (C=O) groups excluding carboxylic acids is 2. The summed E-state index contributed by atoms with van der Waals surface area (Å²) in [5.41, 5.74) is 2.13. The molecule has 4 rings (SSSR count). The molecule has 2 fully saturated rings. The molecular formula is C28H36FN3O2. The Bertz CT molecular complexity index is 1000. The second-order valence-corrected chi connectivity index (χ2v) is 9.70. The van der Waals surface area contributed by atoms with Crippen LogP contribution in [-0.2, 0) is 9.59 Å². The van der Waals surface area contributed by atoms with E-state index in [0.717, 1.165) is 24.8 Å². The van der Waals surface area contributed by atoms with E-state index in [4.69, 9.17) is 0 Å². The molecule has 2 aromatic rings. The van der Waals surface area contributed by atoms with Crippen molar-refractivity contribution < 1.29 is 14.0 Å². The summed E-state index contributed by atoms with van der Waals surface area (Å²) in [5.74, 6) is 0.358. The number of piperidine rings is 1. The Morgan fingerprint density at radius 1 is 1.09 bits per heavy atom. The molecule has 6 heteroatoms. The van der Waals surface area contributed by atoms with Crippen LogP contribution in [0.5, 0.6) is 0 Å². The van der Waals surface area contributed by atoms with Crippen LogP contribution in [0.4, 0.5) is 15.8 Å². The first-order valence-corrected chi connectivity index (χ1v) is 12.6. The normalized spacial score (nSPS) is 21.1. The number of hydrogen-bond acceptors (Lipinski definition) is 3. The third-order valence-corrected chi connectivity index (χ3v) is 7.51. The largest absolute Gasteiger partial charge is 0.369 e. The predicted octanol–water partition coefficient (Wildman–Crippen LogP) is 5.29. The number of anilines is 2. The highest BCUT2D eigenvalue weighted by Gasteiger charge is 2.39. The van der Waals surface area contributed by atoms with Gasteiger partial charge in [-0.15, -0.1) is 0 Å². The molecule has 1 aliphatic carbocycles. The SMILES string of the molecule is CCN(CC)C(=O)C(c1ccccc1)C1CCN(c2ccc(NC(=O)C3CC3C)cc2F)CC1. The van der Waals surface area contributed by atoms with Gasteiger partial charge in [0, 0.05) is 37.8 Å². The minimum Gasteiger partial charge on any atom is -0.369 e. The van der Waals surface area contributed by atoms with Gasteiger partial charge in [-0.1, -0.05) is 37.3 Å². The van der Waals surface area contributed by atoms with Crippen LogP contribution in [-0.4, -0.2) is 42.9 Å². The van der Waals surface area contributed by atoms with Gasteiger partial charge in [0.25, 0.3) is 0 Å². The minimum absolute atomic E-state index is 0.0229. The second-order valence-electron chi connectivity index (χ2n) is 9.70. The van der Waals surface area contributed by atoms with E-state index < -0.39 is 0 Å². The molecule has 0 aromatic heterocycles. The lowest BCUT2D eigenvalue weighted by atomic mass is 9.79. The van der Waals surface area contributed by atoms with Crippen LogP contribution in [0, 0.1) is 23.6 Å². The molecule has 0 bridgehead atoms. The van der Waals surface area contributed by atoms with Gasteiger partial charge < -0.3 is 15.1 Å². The topological polar surface area (TPSA) is 52.7 Å². The first-order valence-electron chi connectivity index (χ1n) is 12.6. The number of likely N-dealkylation sites (N-methyl/N-ethyl adjacent to an activating group) is 1. The van der Waals surface area contributed by atoms with E-state index in [2.05, 4.69) is 17.1 Å². The van der Waals surface area contributed by atoms with Crippen LogP contribution in [0.1, 0.15) is 51.5 Å². The van der Waals surface area contributed by atoms with Crippen molar-refractivity contribution in [3.8, 4) is 0 Å². The monoisotopic (exact) mass is 465 g/mol. The van der Waals surface area contributed by atoms with Gasteiger partial charge >= 0.3 is 0 Å². The van der Waals surface area contributed by atoms with Crippen LogP contribution < -0.4 is 10.2 Å². The molecule has 2 amide bonds. The van der Waals surface area contributed by atoms with E-state index in [1.54, 1.807) is 12.1 Å². The maximum Gasteiger partial charge on any atom is 0.230 e. The van der Waals surface area contributed by atoms with Crippen LogP contribution in [0.2, 0.25) is 0 Å². The number of amides is 2. The number of carbonyl (C=O) groups is 2. The molecule has 3 unspecified atom stereocenters. The summed E-state index contributed by atoms with van der Waals surface area (Å²) in [5, 5.41) is 2.84. The Labute approximate surface area is 202 Å². The van der Waals surface area contributed by atoms with Gasteiger partial charge in [0.1, 0.15) is 5.82 Å². The zero-order valence-electron chi connectivity index (χ0n) is 20.5. The van der Waals surface area contributed by atoms with Crippen molar-refractivity contribution in [3.05, 3.63) is 59.9 Å². The second kappa shape index (κ2) is 10.6. The lowest BCUT2D eigenvalue weighted by Crippen LogP contribution is -2.42. The van der Waals surface area contributed by atoms with Crippen LogP contribution in [0.15, 0.2) is 48.5 Å². The van der Waals surface area contributed by atoms with E-state index in [1.807, 2.05) is 49.1 Å². The third-order valence-electron chi connectivity index (χ3n) is 7.51. The van der Waals surface area contributed by atoms with Gasteiger partial charge in [0.05, 0.1) is 11.6 Å². The molecule has 5 nitrogen and oxygen atoms in total. The molecule has 0 radical (unpaired) electrons. The first-order chi connectivity index (χ1) is 16.4. The number of nitrogens with one attached hydrogen (secondary N) is 1. The zero-order chi connectivity index (χ0) is 24.2. The molecule has 1 N–H and O–H groups in total. The number of hydrogen-bond donors (Lipinski definition) is 1. The molecule has 3 atom stereocenters. The van der Waals surface area contributed by atoms with Crippen molar-refractivity contribution in [2.24, 2.45) is 17.8 Å². The molecular weight excluding hydrogens is 429 g/mol. The summed E-state index contributed by atoms with van der Waals surface area (Å²) in [4.78, 5) is 29.6. The van der Waals surface area contributed by atoms with Crippen LogP contribution in [0.25, 0.3) is 0 Å². The number of rotatable bonds is 8. The third kappa shape index (κ3) is 5.26. The Balaban J connectivity index is 1.43. The van der Waals surface area contributed by atoms with E-state index in [1.165, 1.54) is 6.07 Å². The predicted molar refractivity (Wildman–Crippen MR) is 134 cm³/mol. The van der Waals surface area contributed by atoms with Crippen molar-refractivity contribution >= 4 is 23.2 Å². The molecule has 2 aliphatic rings. The lowest BCUT2D eigenvalue weighted by molar-refractivity contribution is -0.134. The van der Waals surface area contributed by atoms with E-state index >= 15 is 0 Å². The van der Waals surface area contributed by atoms with E-state index in [0.29, 0.717) is 43.5 Å². The molecule has 1 aliphatic heterocycles. The molecule has 1 saturated carbocycles. The average Bonchev–Trinajstić information content (AvgIpc) is 3.58. The fourth-order valence-corrected chi connectivity index (χ4v) is 5.25. The Hall–Kier alpha value is -2.89. The Morgan fingerprint density at radius 3 is 2.29 bits per heavy atom. The smallest absolute Gasteiger partial charge is 0.230 e. The van der Waals surface area contributed by atoms with E-state index in [9.17, 15) is 14.0 Å². The summed E-state index contributed by atoms with van der Waals surface area (Å²) >= 11 is 0. The average molecular weight is 466 g/mol. The standard InChI is InChI=1S/C28H36FN3O2/c1-4-31(5-2)28(34)26(20-9-7-6-8-10-20)21-13-15-32(16-14-21)25-12-11-22(18-24(25)29)30-27(33)23-17-19(23)3/h6-12,18-19,21,23,26H,4-5,13-17H2,1-3H3,(H,30,33). The minimum atomic E-state index is -0.320. The molecule has 1 saturated heterocycles. The first kappa shape index (κ1) is 24.2. The molecule has 182 valence electrons.